The van der Waals surface area contributed by atoms with Gasteiger partial charge in [0.05, 0.1) is 19.8 Å². The van der Waals surface area contributed by atoms with Gasteiger partial charge in [0.15, 0.2) is 0 Å². The molecule has 0 fully saturated rings. The van der Waals surface area contributed by atoms with Crippen LogP contribution in [0.2, 0.25) is 13.1 Å². The summed E-state index contributed by atoms with van der Waals surface area (Å²) in [4.78, 5) is 4.06. The topological polar surface area (TPSA) is 40.6 Å². The number of rotatable bonds is 10. The largest absolute Gasteiger partial charge is 0.392 e. The van der Waals surface area contributed by atoms with Gasteiger partial charge in [-0.1, -0.05) is 19.4 Å². The molecule has 1 rings (SSSR count). The van der Waals surface area contributed by atoms with E-state index in [1.54, 1.807) is 6.20 Å². The highest BCUT2D eigenvalue weighted by molar-refractivity contribution is 6.64. The first-order valence-corrected chi connectivity index (χ1v) is 9.70. The smallest absolute Gasteiger partial charge is 0.332 e. The van der Waals surface area contributed by atoms with E-state index >= 15 is 0 Å². The molecule has 19 heavy (non-hydrogen) atoms. The van der Waals surface area contributed by atoms with Gasteiger partial charge in [0.2, 0.25) is 0 Å². The number of aromatic nitrogens is 1. The summed E-state index contributed by atoms with van der Waals surface area (Å²) in [5.41, 5.74) is 1.07. The maximum absolute atomic E-state index is 5.86. The predicted octanol–water partition coefficient (Wildman–Crippen LogP) is 3.13. The van der Waals surface area contributed by atoms with E-state index in [-0.39, 0.29) is 0 Å². The van der Waals surface area contributed by atoms with Crippen molar-refractivity contribution in [3.05, 3.63) is 30.1 Å². The molecule has 108 valence electrons. The van der Waals surface area contributed by atoms with Crippen LogP contribution in [0.3, 0.4) is 0 Å². The maximum Gasteiger partial charge on any atom is 0.332 e. The number of hydrogen-bond donors (Lipinski definition) is 0. The van der Waals surface area contributed by atoms with Crippen molar-refractivity contribution in [2.45, 2.75) is 39.5 Å². The molecule has 0 aromatic carbocycles. The first-order chi connectivity index (χ1) is 9.14. The van der Waals surface area contributed by atoms with Gasteiger partial charge in [-0.25, -0.2) is 0 Å². The van der Waals surface area contributed by atoms with Crippen LogP contribution in [-0.2, 0) is 20.2 Å². The van der Waals surface area contributed by atoms with Gasteiger partial charge in [0.1, 0.15) is 0 Å². The van der Waals surface area contributed by atoms with Gasteiger partial charge in [0.25, 0.3) is 0 Å². The van der Waals surface area contributed by atoms with Gasteiger partial charge >= 0.3 is 8.56 Å². The van der Waals surface area contributed by atoms with Gasteiger partial charge < -0.3 is 13.6 Å². The standard InChI is InChI=1S/C14H25NO3Si/c1-4-5-9-16-10-11-17-19(2,3)18-13-14-7-6-8-15-12-14/h6-8,12H,4-5,9-11,13H2,1-3H3. The lowest BCUT2D eigenvalue weighted by molar-refractivity contribution is 0.0781. The average molecular weight is 283 g/mol. The van der Waals surface area contributed by atoms with Crippen LogP contribution >= 0.6 is 0 Å². The van der Waals surface area contributed by atoms with Crippen molar-refractivity contribution in [3.63, 3.8) is 0 Å². The molecule has 1 aromatic heterocycles. The lowest BCUT2D eigenvalue weighted by Crippen LogP contribution is -2.35. The highest BCUT2D eigenvalue weighted by atomic mass is 28.4. The molecular formula is C14H25NO3Si. The molecule has 4 nitrogen and oxygen atoms in total. The summed E-state index contributed by atoms with van der Waals surface area (Å²) in [7, 11) is -2.06. The molecule has 0 unspecified atom stereocenters. The third-order valence-electron chi connectivity index (χ3n) is 2.63. The number of unbranched alkanes of at least 4 members (excludes halogenated alkanes) is 1. The molecule has 0 spiro atoms. The Morgan fingerprint density at radius 3 is 2.68 bits per heavy atom. The van der Waals surface area contributed by atoms with E-state index < -0.39 is 8.56 Å². The van der Waals surface area contributed by atoms with E-state index in [1.165, 1.54) is 0 Å². The summed E-state index contributed by atoms with van der Waals surface area (Å²) in [6.07, 6.45) is 5.85. The quantitative estimate of drug-likeness (QED) is 0.488. The summed E-state index contributed by atoms with van der Waals surface area (Å²) in [6, 6.07) is 3.92. The highest BCUT2D eigenvalue weighted by Gasteiger charge is 2.24. The van der Waals surface area contributed by atoms with Crippen molar-refractivity contribution in [3.8, 4) is 0 Å². The molecule has 0 saturated heterocycles. The summed E-state index contributed by atoms with van der Waals surface area (Å²) >= 11 is 0. The molecule has 1 heterocycles. The SMILES string of the molecule is CCCCOCCO[Si](C)(C)OCc1cccnc1. The summed E-state index contributed by atoms with van der Waals surface area (Å²) < 4.78 is 17.1. The third-order valence-corrected chi connectivity index (χ3v) is 4.37. The van der Waals surface area contributed by atoms with Crippen LogP contribution in [0.5, 0.6) is 0 Å². The number of ether oxygens (including phenoxy) is 1. The van der Waals surface area contributed by atoms with Gasteiger partial charge in [0, 0.05) is 19.0 Å². The predicted molar refractivity (Wildman–Crippen MR) is 78.2 cm³/mol. The molecule has 1 aromatic rings. The molecule has 0 aliphatic rings. The van der Waals surface area contributed by atoms with E-state index in [1.807, 2.05) is 18.3 Å². The molecule has 0 aliphatic carbocycles. The number of nitrogens with zero attached hydrogens (tertiary/aromatic N) is 1. The molecule has 0 bridgehead atoms. The number of pyridine rings is 1. The van der Waals surface area contributed by atoms with Crippen molar-refractivity contribution in [2.24, 2.45) is 0 Å². The van der Waals surface area contributed by atoms with Crippen LogP contribution in [0, 0.1) is 0 Å². The summed E-state index contributed by atoms with van der Waals surface area (Å²) in [5.74, 6) is 0. The van der Waals surface area contributed by atoms with E-state index in [0.717, 1.165) is 25.0 Å². The second kappa shape index (κ2) is 9.20. The highest BCUT2D eigenvalue weighted by Crippen LogP contribution is 2.10. The van der Waals surface area contributed by atoms with Crippen LogP contribution in [0.25, 0.3) is 0 Å². The number of hydrogen-bond acceptors (Lipinski definition) is 4. The van der Waals surface area contributed by atoms with Crippen LogP contribution < -0.4 is 0 Å². The Morgan fingerprint density at radius 1 is 1.16 bits per heavy atom. The lowest BCUT2D eigenvalue weighted by Gasteiger charge is -2.22. The zero-order chi connectivity index (χ0) is 14.0. The summed E-state index contributed by atoms with van der Waals surface area (Å²) in [6.45, 7) is 8.89. The second-order valence-electron chi connectivity index (χ2n) is 4.86. The Bertz CT molecular complexity index is 333. The molecule has 0 N–H and O–H groups in total. The first-order valence-electron chi connectivity index (χ1n) is 6.88. The summed E-state index contributed by atoms with van der Waals surface area (Å²) in [5, 5.41) is 0. The van der Waals surface area contributed by atoms with E-state index in [4.69, 9.17) is 13.6 Å². The molecule has 0 saturated carbocycles. The zero-order valence-electron chi connectivity index (χ0n) is 12.2. The van der Waals surface area contributed by atoms with Gasteiger partial charge in [-0.2, -0.15) is 0 Å². The zero-order valence-corrected chi connectivity index (χ0v) is 13.2. The first kappa shape index (κ1) is 16.3. The monoisotopic (exact) mass is 283 g/mol. The van der Waals surface area contributed by atoms with Crippen LogP contribution in [0.1, 0.15) is 25.3 Å². The second-order valence-corrected chi connectivity index (χ2v) is 8.24. The van der Waals surface area contributed by atoms with Gasteiger partial charge in [-0.15, -0.1) is 0 Å². The van der Waals surface area contributed by atoms with Crippen molar-refractivity contribution in [2.75, 3.05) is 19.8 Å². The molecule has 0 amide bonds. The third kappa shape index (κ3) is 8.10. The Balaban J connectivity index is 2.13. The Hall–Kier alpha value is -0.753. The van der Waals surface area contributed by atoms with Crippen molar-refractivity contribution < 1.29 is 13.6 Å². The van der Waals surface area contributed by atoms with Crippen LogP contribution in [0.15, 0.2) is 24.5 Å². The molecule has 0 aliphatic heterocycles. The fourth-order valence-electron chi connectivity index (χ4n) is 1.48. The Labute approximate surface area is 117 Å². The molecule has 0 radical (unpaired) electrons. The van der Waals surface area contributed by atoms with Crippen molar-refractivity contribution in [1.29, 1.82) is 0 Å². The fourth-order valence-corrected chi connectivity index (χ4v) is 2.65. The van der Waals surface area contributed by atoms with E-state index in [0.29, 0.717) is 19.8 Å². The minimum Gasteiger partial charge on any atom is -0.392 e. The minimum absolute atomic E-state index is 0.559. The van der Waals surface area contributed by atoms with Gasteiger partial charge in [-0.05, 0) is 31.1 Å². The van der Waals surface area contributed by atoms with Gasteiger partial charge in [-0.3, -0.25) is 4.98 Å². The average Bonchev–Trinajstić information content (AvgIpc) is 2.42. The maximum atomic E-state index is 5.86. The molecule has 0 atom stereocenters. The Kier molecular flexibility index (Phi) is 7.89. The normalized spacial score (nSPS) is 11.7. The minimum atomic E-state index is -2.06. The van der Waals surface area contributed by atoms with E-state index in [9.17, 15) is 0 Å². The lowest BCUT2D eigenvalue weighted by atomic mass is 10.3. The Morgan fingerprint density at radius 2 is 2.00 bits per heavy atom. The van der Waals surface area contributed by atoms with Crippen LogP contribution in [0.4, 0.5) is 0 Å². The molecular weight excluding hydrogens is 258 g/mol. The van der Waals surface area contributed by atoms with Crippen molar-refractivity contribution in [1.82, 2.24) is 4.98 Å². The van der Waals surface area contributed by atoms with Crippen LogP contribution in [-0.4, -0.2) is 33.4 Å². The van der Waals surface area contributed by atoms with Crippen molar-refractivity contribution >= 4 is 8.56 Å². The fraction of sp³-hybridized carbons (Fsp3) is 0.643. The molecule has 5 heteroatoms. The van der Waals surface area contributed by atoms with E-state index in [2.05, 4.69) is 25.0 Å².